The Labute approximate surface area is 312 Å². The Hall–Kier alpha value is -6.90. The van der Waals surface area contributed by atoms with E-state index >= 15 is 0 Å². The van der Waals surface area contributed by atoms with Gasteiger partial charge in [-0.1, -0.05) is 158 Å². The summed E-state index contributed by atoms with van der Waals surface area (Å²) in [7, 11) is 0. The third-order valence-electron chi connectivity index (χ3n) is 9.88. The van der Waals surface area contributed by atoms with E-state index in [9.17, 15) is 0 Å². The highest BCUT2D eigenvalue weighted by atomic mass is 15.1. The van der Waals surface area contributed by atoms with Gasteiger partial charge < -0.3 is 9.47 Å². The van der Waals surface area contributed by atoms with Crippen molar-refractivity contribution in [2.45, 2.75) is 0 Å². The van der Waals surface area contributed by atoms with E-state index in [2.05, 4.69) is 125 Å². The van der Waals surface area contributed by atoms with Gasteiger partial charge in [0.2, 0.25) is 0 Å². The zero-order valence-corrected chi connectivity index (χ0v) is 28.0. The molecule has 9 aromatic carbocycles. The van der Waals surface area contributed by atoms with Crippen molar-refractivity contribution in [3.05, 3.63) is 206 Å². The average molecular weight is 670 g/mol. The first-order valence-electron chi connectivity index (χ1n) is 20.8. The minimum atomic E-state index is -0.472. The van der Waals surface area contributed by atoms with Gasteiger partial charge in [0.15, 0.2) is 0 Å². The maximum absolute atomic E-state index is 8.92. The summed E-state index contributed by atoms with van der Waals surface area (Å²) < 4.78 is 62.5. The van der Waals surface area contributed by atoms with E-state index in [1.807, 2.05) is 48.5 Å². The van der Waals surface area contributed by atoms with Crippen LogP contribution < -0.4 is 4.90 Å². The summed E-state index contributed by atoms with van der Waals surface area (Å²) in [6.45, 7) is 0. The Bertz CT molecular complexity index is 3290. The van der Waals surface area contributed by atoms with Gasteiger partial charge in [0.05, 0.1) is 32.0 Å². The zero-order chi connectivity index (χ0) is 40.5. The van der Waals surface area contributed by atoms with Crippen molar-refractivity contribution in [1.29, 1.82) is 0 Å². The molecule has 0 bridgehead atoms. The molecular weight excluding hydrogens is 629 g/mol. The van der Waals surface area contributed by atoms with Crippen LogP contribution in [-0.2, 0) is 0 Å². The Morgan fingerprint density at radius 2 is 1.06 bits per heavy atom. The predicted molar refractivity (Wildman–Crippen MR) is 221 cm³/mol. The highest BCUT2D eigenvalue weighted by Gasteiger charge is 2.22. The van der Waals surface area contributed by atoms with Gasteiger partial charge in [-0.15, -0.1) is 0 Å². The second-order valence-corrected chi connectivity index (χ2v) is 12.8. The van der Waals surface area contributed by atoms with Gasteiger partial charge in [-0.3, -0.25) is 0 Å². The molecule has 2 heteroatoms. The van der Waals surface area contributed by atoms with Crippen LogP contribution in [0.4, 0.5) is 17.1 Å². The maximum Gasteiger partial charge on any atom is 0.0629 e. The molecule has 0 spiro atoms. The standard InChI is InChI=1S/C50H34N2/c1-2-19-38(20-3-1)51(39-33-31-37(32-34-39)41-25-12-17-35-15-4-6-21-40(35)41)47-27-10-8-23-43(47)44-26-14-30-49-50(44)45-24-9-11-28-48(45)52(49)46-29-13-18-36-16-5-7-22-42(36)46/h1-34H/i4D,6D,12D,15D,17D,21D,25D. The van der Waals surface area contributed by atoms with Crippen molar-refractivity contribution in [3.8, 4) is 27.9 Å². The molecule has 0 amide bonds. The minimum absolute atomic E-state index is 0.0631. The molecule has 1 heterocycles. The van der Waals surface area contributed by atoms with Gasteiger partial charge in [0.1, 0.15) is 0 Å². The Morgan fingerprint density at radius 1 is 0.404 bits per heavy atom. The van der Waals surface area contributed by atoms with Gasteiger partial charge in [-0.05, 0) is 81.4 Å². The molecule has 0 aliphatic carbocycles. The summed E-state index contributed by atoms with van der Waals surface area (Å²) in [5, 5.41) is 4.62. The molecule has 0 radical (unpaired) electrons. The van der Waals surface area contributed by atoms with E-state index in [0.29, 0.717) is 5.56 Å². The number of hydrogen-bond donors (Lipinski definition) is 0. The first-order chi connectivity index (χ1) is 28.7. The lowest BCUT2D eigenvalue weighted by Gasteiger charge is -2.28. The van der Waals surface area contributed by atoms with Crippen LogP contribution in [0.5, 0.6) is 0 Å². The molecule has 0 aliphatic heterocycles. The zero-order valence-electron chi connectivity index (χ0n) is 35.0. The third-order valence-corrected chi connectivity index (χ3v) is 9.88. The van der Waals surface area contributed by atoms with Gasteiger partial charge in [0.25, 0.3) is 0 Å². The van der Waals surface area contributed by atoms with E-state index in [4.69, 9.17) is 9.60 Å². The maximum atomic E-state index is 8.92. The van der Waals surface area contributed by atoms with Crippen molar-refractivity contribution in [2.75, 3.05) is 4.90 Å². The average Bonchev–Trinajstić information content (AvgIpc) is 3.62. The lowest BCUT2D eigenvalue weighted by Crippen LogP contribution is -2.11. The second kappa shape index (κ2) is 12.5. The number of aromatic nitrogens is 1. The molecule has 0 atom stereocenters. The number of fused-ring (bicyclic) bond motifs is 5. The molecule has 2 nitrogen and oxygen atoms in total. The van der Waals surface area contributed by atoms with Crippen LogP contribution in [0.3, 0.4) is 0 Å². The van der Waals surface area contributed by atoms with E-state index in [1.165, 1.54) is 10.8 Å². The van der Waals surface area contributed by atoms with Crippen LogP contribution in [-0.4, -0.2) is 4.57 Å². The topological polar surface area (TPSA) is 8.17 Å². The molecule has 0 unspecified atom stereocenters. The Kier molecular flexibility index (Phi) is 5.63. The summed E-state index contributed by atoms with van der Waals surface area (Å²) in [5.74, 6) is 0. The number of hydrogen-bond acceptors (Lipinski definition) is 1. The van der Waals surface area contributed by atoms with E-state index < -0.39 is 18.1 Å². The number of rotatable bonds is 6. The van der Waals surface area contributed by atoms with Crippen molar-refractivity contribution < 1.29 is 9.60 Å². The number of para-hydroxylation sites is 3. The lowest BCUT2D eigenvalue weighted by atomic mass is 9.96. The molecule has 0 saturated carbocycles. The highest BCUT2D eigenvalue weighted by Crippen LogP contribution is 2.46. The summed E-state index contributed by atoms with van der Waals surface area (Å²) in [6.07, 6.45) is 0. The molecule has 0 aliphatic rings. The van der Waals surface area contributed by atoms with Crippen LogP contribution in [0.15, 0.2) is 206 Å². The van der Waals surface area contributed by atoms with Crippen LogP contribution >= 0.6 is 0 Å². The molecule has 1 aromatic heterocycles. The Morgan fingerprint density at radius 3 is 1.96 bits per heavy atom. The highest BCUT2D eigenvalue weighted by molar-refractivity contribution is 6.17. The normalized spacial score (nSPS) is 13.3. The van der Waals surface area contributed by atoms with Crippen molar-refractivity contribution in [1.82, 2.24) is 4.57 Å². The van der Waals surface area contributed by atoms with Gasteiger partial charge >= 0.3 is 0 Å². The number of nitrogens with zero attached hydrogens (tertiary/aromatic N) is 2. The molecule has 52 heavy (non-hydrogen) atoms. The van der Waals surface area contributed by atoms with E-state index in [1.54, 1.807) is 0 Å². The summed E-state index contributed by atoms with van der Waals surface area (Å²) in [6, 6.07) is 53.3. The molecule has 244 valence electrons. The molecule has 0 saturated heterocycles. The molecular formula is C50H34N2. The van der Waals surface area contributed by atoms with Crippen LogP contribution in [0.1, 0.15) is 9.60 Å². The van der Waals surface area contributed by atoms with E-state index in [0.717, 1.165) is 55.7 Å². The van der Waals surface area contributed by atoms with Crippen LogP contribution in [0.2, 0.25) is 0 Å². The molecule has 10 aromatic rings. The van der Waals surface area contributed by atoms with Crippen LogP contribution in [0.25, 0.3) is 71.3 Å². The number of anilines is 3. The fourth-order valence-electron chi connectivity index (χ4n) is 7.61. The summed E-state index contributed by atoms with van der Waals surface area (Å²) in [5.41, 5.74) is 8.79. The van der Waals surface area contributed by atoms with Gasteiger partial charge in [0, 0.05) is 33.1 Å². The molecule has 0 N–H and O–H groups in total. The minimum Gasteiger partial charge on any atom is -0.310 e. The number of benzene rings is 9. The summed E-state index contributed by atoms with van der Waals surface area (Å²) in [4.78, 5) is 2.19. The van der Waals surface area contributed by atoms with E-state index in [-0.39, 0.29) is 40.5 Å². The SMILES string of the molecule is [2H]c1c([2H])c([2H])c2c(-c3ccc(N(c4ccccc4)c4ccccc4-c4cccc5c4c4ccccc4n5-c4cccc5ccccc45)cc3)c([2H])c([2H])c([2H])c2c1[2H]. The quantitative estimate of drug-likeness (QED) is 0.171. The fraction of sp³-hybridized carbons (Fsp3) is 0. The van der Waals surface area contributed by atoms with Crippen molar-refractivity contribution in [2.24, 2.45) is 0 Å². The predicted octanol–water partition coefficient (Wildman–Crippen LogP) is 13.9. The van der Waals surface area contributed by atoms with Crippen molar-refractivity contribution in [3.63, 3.8) is 0 Å². The van der Waals surface area contributed by atoms with Gasteiger partial charge in [-0.2, -0.15) is 0 Å². The first-order valence-corrected chi connectivity index (χ1v) is 17.3. The van der Waals surface area contributed by atoms with Crippen LogP contribution in [0, 0.1) is 0 Å². The van der Waals surface area contributed by atoms with Gasteiger partial charge in [-0.25, -0.2) is 0 Å². The smallest absolute Gasteiger partial charge is 0.0629 e. The fourth-order valence-corrected chi connectivity index (χ4v) is 7.61. The summed E-state index contributed by atoms with van der Waals surface area (Å²) >= 11 is 0. The Balaban J connectivity index is 1.18. The molecule has 10 rings (SSSR count). The first kappa shape index (κ1) is 23.5. The second-order valence-electron chi connectivity index (χ2n) is 12.8. The largest absolute Gasteiger partial charge is 0.310 e. The monoisotopic (exact) mass is 669 g/mol. The molecule has 0 fully saturated rings. The third kappa shape index (κ3) is 4.88. The van der Waals surface area contributed by atoms with Crippen molar-refractivity contribution >= 4 is 60.4 Å². The lowest BCUT2D eigenvalue weighted by molar-refractivity contribution is 1.20.